The van der Waals surface area contributed by atoms with Crippen molar-refractivity contribution >= 4 is 5.97 Å². The number of carbonyl (C=O) groups is 1. The molecule has 0 rings (SSSR count). The van der Waals surface area contributed by atoms with E-state index in [1.807, 2.05) is 0 Å². The third-order valence-corrected chi connectivity index (χ3v) is 3.46. The molecule has 0 amide bonds. The Kier molecular flexibility index (Phi) is 13.6. The van der Waals surface area contributed by atoms with Crippen molar-refractivity contribution in [2.75, 3.05) is 6.61 Å². The Hall–Kier alpha value is -1.05. The zero-order valence-corrected chi connectivity index (χ0v) is 13.6. The summed E-state index contributed by atoms with van der Waals surface area (Å²) in [6.45, 7) is 6.84. The Morgan fingerprint density at radius 2 is 1.65 bits per heavy atom. The monoisotopic (exact) mass is 280 g/mol. The van der Waals surface area contributed by atoms with E-state index in [4.69, 9.17) is 4.74 Å². The van der Waals surface area contributed by atoms with Crippen molar-refractivity contribution in [2.24, 2.45) is 0 Å². The van der Waals surface area contributed by atoms with E-state index in [0.29, 0.717) is 13.0 Å². The van der Waals surface area contributed by atoms with Crippen LogP contribution in [0, 0.1) is 0 Å². The second kappa shape index (κ2) is 14.4. The summed E-state index contributed by atoms with van der Waals surface area (Å²) in [7, 11) is 0. The van der Waals surface area contributed by atoms with Crippen molar-refractivity contribution < 1.29 is 9.53 Å². The van der Waals surface area contributed by atoms with Crippen molar-refractivity contribution in [3.8, 4) is 0 Å². The lowest BCUT2D eigenvalue weighted by Gasteiger charge is -2.05. The van der Waals surface area contributed by atoms with E-state index in [1.54, 1.807) is 0 Å². The van der Waals surface area contributed by atoms with Gasteiger partial charge < -0.3 is 4.74 Å². The predicted molar refractivity (Wildman–Crippen MR) is 86.8 cm³/mol. The molecule has 0 heterocycles. The number of ether oxygens (including phenoxy) is 1. The molecule has 0 aromatic rings. The number of hydrogen-bond acceptors (Lipinski definition) is 2. The number of rotatable bonds is 12. The first-order chi connectivity index (χ1) is 9.70. The molecule has 0 aliphatic carbocycles. The second-order valence-electron chi connectivity index (χ2n) is 5.33. The zero-order valence-electron chi connectivity index (χ0n) is 13.6. The van der Waals surface area contributed by atoms with Gasteiger partial charge in [-0.1, -0.05) is 36.6 Å². The van der Waals surface area contributed by atoms with Crippen LogP contribution in [0.1, 0.15) is 78.6 Å². The van der Waals surface area contributed by atoms with E-state index in [1.165, 1.54) is 24.8 Å². The third-order valence-electron chi connectivity index (χ3n) is 3.46. The van der Waals surface area contributed by atoms with Gasteiger partial charge in [0, 0.05) is 6.42 Å². The summed E-state index contributed by atoms with van der Waals surface area (Å²) in [5.74, 6) is -0.0305. The minimum Gasteiger partial charge on any atom is -0.466 e. The molecule has 0 unspecified atom stereocenters. The molecule has 0 N–H and O–H groups in total. The summed E-state index contributed by atoms with van der Waals surface area (Å²) >= 11 is 0. The van der Waals surface area contributed by atoms with Gasteiger partial charge in [-0.25, -0.2) is 0 Å². The fraction of sp³-hybridized carbons (Fsp3) is 0.722. The van der Waals surface area contributed by atoms with Crippen LogP contribution < -0.4 is 0 Å². The Morgan fingerprint density at radius 1 is 0.950 bits per heavy atom. The summed E-state index contributed by atoms with van der Waals surface area (Å²) < 4.78 is 5.24. The lowest BCUT2D eigenvalue weighted by atomic mass is 10.1. The van der Waals surface area contributed by atoms with Crippen molar-refractivity contribution in [1.82, 2.24) is 0 Å². The molecule has 0 aliphatic rings. The molecule has 0 aromatic carbocycles. The number of esters is 1. The molecule has 0 aliphatic heterocycles. The molecular weight excluding hydrogens is 248 g/mol. The normalized spacial score (nSPS) is 12.1. The third kappa shape index (κ3) is 13.4. The molecule has 20 heavy (non-hydrogen) atoms. The topological polar surface area (TPSA) is 26.3 Å². The van der Waals surface area contributed by atoms with Crippen LogP contribution in [0.3, 0.4) is 0 Å². The van der Waals surface area contributed by atoms with Crippen molar-refractivity contribution in [3.05, 3.63) is 23.8 Å². The molecular formula is C18H32O2. The number of allylic oxidation sites excluding steroid dienone is 4. The maximum absolute atomic E-state index is 11.5. The molecule has 0 radical (unpaired) electrons. The van der Waals surface area contributed by atoms with E-state index in [0.717, 1.165) is 32.1 Å². The smallest absolute Gasteiger partial charge is 0.305 e. The molecule has 0 saturated heterocycles. The molecule has 2 nitrogen and oxygen atoms in total. The first-order valence-electron chi connectivity index (χ1n) is 8.09. The van der Waals surface area contributed by atoms with E-state index in [-0.39, 0.29) is 5.97 Å². The average Bonchev–Trinajstić information content (AvgIpc) is 2.46. The lowest BCUT2D eigenvalue weighted by Crippen LogP contribution is -2.05. The highest BCUT2D eigenvalue weighted by atomic mass is 16.5. The molecule has 0 saturated carbocycles. The summed E-state index contributed by atoms with van der Waals surface area (Å²) in [4.78, 5) is 11.5. The van der Waals surface area contributed by atoms with Gasteiger partial charge in [-0.2, -0.15) is 0 Å². The number of carbonyl (C=O) groups excluding carboxylic acids is 1. The second-order valence-corrected chi connectivity index (χ2v) is 5.33. The van der Waals surface area contributed by atoms with E-state index in [9.17, 15) is 4.79 Å². The Bertz CT molecular complexity index is 290. The van der Waals surface area contributed by atoms with Gasteiger partial charge in [0.1, 0.15) is 0 Å². The van der Waals surface area contributed by atoms with Gasteiger partial charge in [-0.3, -0.25) is 4.79 Å². The van der Waals surface area contributed by atoms with E-state index in [2.05, 4.69) is 39.0 Å². The summed E-state index contributed by atoms with van der Waals surface area (Å²) in [5, 5.41) is 0. The summed E-state index contributed by atoms with van der Waals surface area (Å²) in [6, 6.07) is 0. The van der Waals surface area contributed by atoms with Gasteiger partial charge in [-0.15, -0.1) is 0 Å². The molecule has 2 heteroatoms. The van der Waals surface area contributed by atoms with Crippen LogP contribution in [0.15, 0.2) is 23.8 Å². The fourth-order valence-electron chi connectivity index (χ4n) is 1.96. The Balaban J connectivity index is 3.28. The van der Waals surface area contributed by atoms with Gasteiger partial charge in [0.25, 0.3) is 0 Å². The highest BCUT2D eigenvalue weighted by Gasteiger charge is 2.02. The van der Waals surface area contributed by atoms with E-state index >= 15 is 0 Å². The molecule has 0 aromatic heterocycles. The van der Waals surface area contributed by atoms with Crippen molar-refractivity contribution in [3.63, 3.8) is 0 Å². The number of unbranched alkanes of at least 4 members (excludes halogenated alkanes) is 5. The SMILES string of the molecule is C/C=C\CCCCCCOC(=O)CCCC/C(C)=C/C. The van der Waals surface area contributed by atoms with Gasteiger partial charge >= 0.3 is 5.97 Å². The minimum absolute atomic E-state index is 0.0305. The maximum Gasteiger partial charge on any atom is 0.305 e. The summed E-state index contributed by atoms with van der Waals surface area (Å²) in [5.41, 5.74) is 1.40. The van der Waals surface area contributed by atoms with Crippen molar-refractivity contribution in [1.29, 1.82) is 0 Å². The van der Waals surface area contributed by atoms with Crippen LogP contribution in [0.4, 0.5) is 0 Å². The van der Waals surface area contributed by atoms with Crippen LogP contribution in [0.25, 0.3) is 0 Å². The van der Waals surface area contributed by atoms with Crippen LogP contribution in [0.5, 0.6) is 0 Å². The summed E-state index contributed by atoms with van der Waals surface area (Å²) in [6.07, 6.45) is 15.9. The lowest BCUT2D eigenvalue weighted by molar-refractivity contribution is -0.143. The van der Waals surface area contributed by atoms with Gasteiger partial charge in [0.2, 0.25) is 0 Å². The van der Waals surface area contributed by atoms with Gasteiger partial charge in [0.05, 0.1) is 6.61 Å². The molecule has 0 fully saturated rings. The van der Waals surface area contributed by atoms with Gasteiger partial charge in [-0.05, 0) is 59.3 Å². The average molecular weight is 280 g/mol. The highest BCUT2D eigenvalue weighted by molar-refractivity contribution is 5.69. The number of hydrogen-bond donors (Lipinski definition) is 0. The van der Waals surface area contributed by atoms with E-state index < -0.39 is 0 Å². The van der Waals surface area contributed by atoms with Crippen LogP contribution in [-0.2, 0) is 9.53 Å². The van der Waals surface area contributed by atoms with Crippen LogP contribution in [-0.4, -0.2) is 12.6 Å². The molecule has 116 valence electrons. The predicted octanol–water partition coefficient (Wildman–Crippen LogP) is 5.58. The first-order valence-corrected chi connectivity index (χ1v) is 8.09. The first kappa shape index (κ1) is 18.9. The molecule has 0 bridgehead atoms. The maximum atomic E-state index is 11.5. The fourth-order valence-corrected chi connectivity index (χ4v) is 1.96. The van der Waals surface area contributed by atoms with Crippen LogP contribution >= 0.6 is 0 Å². The Labute approximate surface area is 125 Å². The molecule has 0 spiro atoms. The molecule has 0 atom stereocenters. The Morgan fingerprint density at radius 3 is 2.35 bits per heavy atom. The zero-order chi connectivity index (χ0) is 15.1. The largest absolute Gasteiger partial charge is 0.466 e. The van der Waals surface area contributed by atoms with Crippen molar-refractivity contribution in [2.45, 2.75) is 78.6 Å². The minimum atomic E-state index is -0.0305. The standard InChI is InChI=1S/C18H32O2/c1-4-6-7-8-9-10-13-16-20-18(19)15-12-11-14-17(3)5-2/h4-6H,7-16H2,1-3H3/b6-4-,17-5+. The highest BCUT2D eigenvalue weighted by Crippen LogP contribution is 2.09. The van der Waals surface area contributed by atoms with Gasteiger partial charge in [0.15, 0.2) is 0 Å². The quantitative estimate of drug-likeness (QED) is 0.265. The van der Waals surface area contributed by atoms with Crippen LogP contribution in [0.2, 0.25) is 0 Å².